The Morgan fingerprint density at radius 2 is 2.31 bits per heavy atom. The predicted molar refractivity (Wildman–Crippen MR) is 63.7 cm³/mol. The predicted octanol–water partition coefficient (Wildman–Crippen LogP) is 1.35. The zero-order chi connectivity index (χ0) is 11.4. The summed E-state index contributed by atoms with van der Waals surface area (Å²) in [6.07, 6.45) is 3.41. The highest BCUT2D eigenvalue weighted by Crippen LogP contribution is 2.41. The van der Waals surface area contributed by atoms with E-state index in [9.17, 15) is 4.79 Å². The molecule has 0 bridgehead atoms. The molecule has 1 aromatic heterocycles. The van der Waals surface area contributed by atoms with E-state index < -0.39 is 0 Å². The highest BCUT2D eigenvalue weighted by Gasteiger charge is 2.27. The molecule has 0 aromatic carbocycles. The van der Waals surface area contributed by atoms with Crippen LogP contribution in [0.3, 0.4) is 0 Å². The van der Waals surface area contributed by atoms with Gasteiger partial charge in [0, 0.05) is 12.5 Å². The molecule has 1 fully saturated rings. The van der Waals surface area contributed by atoms with E-state index in [1.54, 1.807) is 11.3 Å². The lowest BCUT2D eigenvalue weighted by Crippen LogP contribution is -2.30. The second-order valence-corrected chi connectivity index (χ2v) is 4.93. The molecule has 0 atom stereocenters. The van der Waals surface area contributed by atoms with Crippen LogP contribution >= 0.6 is 11.3 Å². The highest BCUT2D eigenvalue weighted by atomic mass is 32.1. The second-order valence-electron chi connectivity index (χ2n) is 3.92. The lowest BCUT2D eigenvalue weighted by atomic mass is 10.4. The minimum absolute atomic E-state index is 0.00465. The van der Waals surface area contributed by atoms with Crippen LogP contribution in [0.4, 0.5) is 5.13 Å². The van der Waals surface area contributed by atoms with Gasteiger partial charge in [0.05, 0.1) is 6.54 Å². The minimum atomic E-state index is 0.00465. The van der Waals surface area contributed by atoms with Crippen LogP contribution in [0.25, 0.3) is 0 Å². The van der Waals surface area contributed by atoms with Gasteiger partial charge in [-0.3, -0.25) is 4.79 Å². The highest BCUT2D eigenvalue weighted by molar-refractivity contribution is 7.15. The van der Waals surface area contributed by atoms with E-state index >= 15 is 0 Å². The molecule has 2 N–H and O–H groups in total. The Bertz CT molecular complexity index is 361. The number of rotatable bonds is 6. The van der Waals surface area contributed by atoms with Crippen LogP contribution in [-0.4, -0.2) is 29.2 Å². The molecule has 5 nitrogen and oxygen atoms in total. The van der Waals surface area contributed by atoms with Crippen molar-refractivity contribution in [3.05, 3.63) is 5.01 Å². The first-order valence-electron chi connectivity index (χ1n) is 5.63. The summed E-state index contributed by atoms with van der Waals surface area (Å²) in [6.45, 7) is 3.03. The average molecular weight is 240 g/mol. The van der Waals surface area contributed by atoms with E-state index in [2.05, 4.69) is 20.8 Å². The molecular formula is C10H16N4OS. The SMILES string of the molecule is CCCNC(=O)CNc1nnc(C2CC2)s1. The van der Waals surface area contributed by atoms with Crippen molar-refractivity contribution in [3.63, 3.8) is 0 Å². The number of aromatic nitrogens is 2. The number of amides is 1. The summed E-state index contributed by atoms with van der Waals surface area (Å²) < 4.78 is 0. The lowest BCUT2D eigenvalue weighted by Gasteiger charge is -2.02. The van der Waals surface area contributed by atoms with Crippen molar-refractivity contribution in [3.8, 4) is 0 Å². The Balaban J connectivity index is 1.73. The fraction of sp³-hybridized carbons (Fsp3) is 0.700. The van der Waals surface area contributed by atoms with Crippen LogP contribution < -0.4 is 10.6 Å². The lowest BCUT2D eigenvalue weighted by molar-refractivity contribution is -0.119. The molecule has 88 valence electrons. The van der Waals surface area contributed by atoms with Gasteiger partial charge in [-0.1, -0.05) is 18.3 Å². The number of nitrogens with one attached hydrogen (secondary N) is 2. The first-order valence-corrected chi connectivity index (χ1v) is 6.45. The third kappa shape index (κ3) is 3.16. The van der Waals surface area contributed by atoms with Gasteiger partial charge in [-0.15, -0.1) is 10.2 Å². The summed E-state index contributed by atoms with van der Waals surface area (Å²) in [5.74, 6) is 0.631. The van der Waals surface area contributed by atoms with Gasteiger partial charge in [0.15, 0.2) is 0 Å². The van der Waals surface area contributed by atoms with Gasteiger partial charge in [0.1, 0.15) is 5.01 Å². The standard InChI is InChI=1S/C10H16N4OS/c1-2-5-11-8(15)6-12-10-14-13-9(16-10)7-3-4-7/h7H,2-6H2,1H3,(H,11,15)(H,12,14). The van der Waals surface area contributed by atoms with Gasteiger partial charge in [0.2, 0.25) is 11.0 Å². The molecule has 1 amide bonds. The number of carbonyl (C=O) groups excluding carboxylic acids is 1. The van der Waals surface area contributed by atoms with Crippen molar-refractivity contribution >= 4 is 22.4 Å². The molecule has 6 heteroatoms. The van der Waals surface area contributed by atoms with E-state index in [0.717, 1.165) is 23.1 Å². The molecule has 1 aliphatic rings. The van der Waals surface area contributed by atoms with Crippen LogP contribution in [0, 0.1) is 0 Å². The normalized spacial score (nSPS) is 14.8. The maximum absolute atomic E-state index is 11.3. The summed E-state index contributed by atoms with van der Waals surface area (Å²) >= 11 is 1.56. The van der Waals surface area contributed by atoms with Crippen molar-refractivity contribution < 1.29 is 4.79 Å². The van der Waals surface area contributed by atoms with Crippen molar-refractivity contribution in [1.82, 2.24) is 15.5 Å². The van der Waals surface area contributed by atoms with Gasteiger partial charge >= 0.3 is 0 Å². The molecule has 0 saturated heterocycles. The van der Waals surface area contributed by atoms with E-state index in [1.807, 2.05) is 6.92 Å². The monoisotopic (exact) mass is 240 g/mol. The number of nitrogens with zero attached hydrogens (tertiary/aromatic N) is 2. The zero-order valence-corrected chi connectivity index (χ0v) is 10.1. The van der Waals surface area contributed by atoms with Crippen molar-refractivity contribution in [1.29, 1.82) is 0 Å². The number of hydrogen-bond donors (Lipinski definition) is 2. The topological polar surface area (TPSA) is 66.9 Å². The fourth-order valence-electron chi connectivity index (χ4n) is 1.28. The van der Waals surface area contributed by atoms with Crippen LogP contribution in [0.15, 0.2) is 0 Å². The quantitative estimate of drug-likeness (QED) is 0.787. The Labute approximate surface area is 98.7 Å². The Hall–Kier alpha value is -1.17. The summed E-state index contributed by atoms with van der Waals surface area (Å²) in [6, 6.07) is 0. The molecule has 1 aliphatic carbocycles. The number of hydrogen-bond acceptors (Lipinski definition) is 5. The van der Waals surface area contributed by atoms with E-state index in [-0.39, 0.29) is 12.5 Å². The third-order valence-electron chi connectivity index (χ3n) is 2.34. The summed E-state index contributed by atoms with van der Waals surface area (Å²) in [4.78, 5) is 11.3. The molecule has 16 heavy (non-hydrogen) atoms. The van der Waals surface area contributed by atoms with E-state index in [0.29, 0.717) is 5.92 Å². The Kier molecular flexibility index (Phi) is 3.71. The molecule has 1 heterocycles. The molecule has 0 radical (unpaired) electrons. The molecule has 2 rings (SSSR count). The number of carbonyl (C=O) groups is 1. The van der Waals surface area contributed by atoms with E-state index in [4.69, 9.17) is 0 Å². The molecule has 1 saturated carbocycles. The Morgan fingerprint density at radius 3 is 3.00 bits per heavy atom. The molecule has 0 spiro atoms. The maximum Gasteiger partial charge on any atom is 0.239 e. The molecule has 1 aromatic rings. The first-order chi connectivity index (χ1) is 7.79. The van der Waals surface area contributed by atoms with Crippen molar-refractivity contribution in [2.75, 3.05) is 18.4 Å². The summed E-state index contributed by atoms with van der Waals surface area (Å²) in [5, 5.41) is 15.7. The van der Waals surface area contributed by atoms with Crippen LogP contribution in [0.5, 0.6) is 0 Å². The second kappa shape index (κ2) is 5.25. The zero-order valence-electron chi connectivity index (χ0n) is 9.32. The number of anilines is 1. The Morgan fingerprint density at radius 1 is 1.50 bits per heavy atom. The van der Waals surface area contributed by atoms with Gasteiger partial charge in [-0.05, 0) is 19.3 Å². The van der Waals surface area contributed by atoms with Crippen molar-refractivity contribution in [2.45, 2.75) is 32.1 Å². The van der Waals surface area contributed by atoms with Gasteiger partial charge in [-0.25, -0.2) is 0 Å². The molecular weight excluding hydrogens is 224 g/mol. The smallest absolute Gasteiger partial charge is 0.239 e. The van der Waals surface area contributed by atoms with Crippen molar-refractivity contribution in [2.24, 2.45) is 0 Å². The van der Waals surface area contributed by atoms with Gasteiger partial charge < -0.3 is 10.6 Å². The largest absolute Gasteiger partial charge is 0.355 e. The third-order valence-corrected chi connectivity index (χ3v) is 3.38. The van der Waals surface area contributed by atoms with Gasteiger partial charge in [0.25, 0.3) is 0 Å². The fourth-order valence-corrected chi connectivity index (χ4v) is 2.19. The van der Waals surface area contributed by atoms with Gasteiger partial charge in [-0.2, -0.15) is 0 Å². The minimum Gasteiger partial charge on any atom is -0.355 e. The van der Waals surface area contributed by atoms with Crippen LogP contribution in [0.1, 0.15) is 37.1 Å². The molecule has 0 unspecified atom stereocenters. The maximum atomic E-state index is 11.3. The van der Waals surface area contributed by atoms with Crippen LogP contribution in [-0.2, 0) is 4.79 Å². The molecule has 0 aliphatic heterocycles. The summed E-state index contributed by atoms with van der Waals surface area (Å²) in [5.41, 5.74) is 0. The summed E-state index contributed by atoms with van der Waals surface area (Å²) in [7, 11) is 0. The van der Waals surface area contributed by atoms with Crippen LogP contribution in [0.2, 0.25) is 0 Å². The first kappa shape index (κ1) is 11.3. The van der Waals surface area contributed by atoms with E-state index in [1.165, 1.54) is 12.8 Å². The average Bonchev–Trinajstić information content (AvgIpc) is 3.03.